The Hall–Kier alpha value is -6.91. The molecule has 0 spiro atoms. The van der Waals surface area contributed by atoms with Crippen molar-refractivity contribution in [2.24, 2.45) is 11.7 Å². The fourth-order valence-corrected chi connectivity index (χ4v) is 7.33. The number of hydrogen-bond acceptors (Lipinski definition) is 12. The molecule has 2 aromatic rings. The summed E-state index contributed by atoms with van der Waals surface area (Å²) in [5.41, 5.74) is 7.47. The van der Waals surface area contributed by atoms with Crippen molar-refractivity contribution in [2.45, 2.75) is 122 Å². The second-order valence-electron chi connectivity index (χ2n) is 17.1. The predicted molar refractivity (Wildman–Crippen MR) is 244 cm³/mol. The lowest BCUT2D eigenvalue weighted by atomic mass is 9.83. The summed E-state index contributed by atoms with van der Waals surface area (Å²) < 4.78 is 31.7. The third kappa shape index (κ3) is 16.4. The number of alkyl halides is 3. The Labute approximate surface area is 397 Å². The molecule has 1 fully saturated rings. The van der Waals surface area contributed by atoms with E-state index in [1.54, 1.807) is 42.5 Å². The number of fused-ring (bicyclic) bond motifs is 2. The summed E-state index contributed by atoms with van der Waals surface area (Å²) in [4.78, 5) is 128. The SMILES string of the molecule is CCC[C@H](NC(=O)CNC(=O)[C@H](CC(C)C)NC(=O)[C@H](C)NC(=O)[C@H](C)NC(=O)[C@H](C)N)C(=O)N1CCC[C@H]1C(=O)NCCCNc1cccc2c1C(=O)c1ccccc1C2=O.O=C(O)C(F)(F)F. The van der Waals surface area contributed by atoms with Gasteiger partial charge >= 0.3 is 12.1 Å². The van der Waals surface area contributed by atoms with Gasteiger partial charge in [0.05, 0.1) is 18.2 Å². The van der Waals surface area contributed by atoms with Crippen molar-refractivity contribution in [1.82, 2.24) is 36.8 Å². The summed E-state index contributed by atoms with van der Waals surface area (Å²) >= 11 is 0. The van der Waals surface area contributed by atoms with E-state index < -0.39 is 90.4 Å². The lowest BCUT2D eigenvalue weighted by molar-refractivity contribution is -0.192. The molecule has 0 bridgehead atoms. The van der Waals surface area contributed by atoms with Crippen LogP contribution in [0, 0.1) is 5.92 Å². The van der Waals surface area contributed by atoms with Gasteiger partial charge in [0.2, 0.25) is 41.4 Å². The van der Waals surface area contributed by atoms with Crippen LogP contribution in [0.4, 0.5) is 18.9 Å². The number of nitrogens with one attached hydrogen (secondary N) is 7. The number of anilines is 1. The molecule has 10 N–H and O–H groups in total. The van der Waals surface area contributed by atoms with Crippen molar-refractivity contribution < 1.29 is 66.2 Å². The van der Waals surface area contributed by atoms with E-state index >= 15 is 0 Å². The average Bonchev–Trinajstić information content (AvgIpc) is 3.79. The quantitative estimate of drug-likeness (QED) is 0.0681. The van der Waals surface area contributed by atoms with E-state index in [1.807, 2.05) is 20.8 Å². The molecule has 0 aromatic heterocycles. The molecule has 1 aliphatic heterocycles. The number of likely N-dealkylation sites (tertiary alicyclic amines) is 1. The highest BCUT2D eigenvalue weighted by molar-refractivity contribution is 6.30. The van der Waals surface area contributed by atoms with Gasteiger partial charge in [-0.05, 0) is 64.9 Å². The summed E-state index contributed by atoms with van der Waals surface area (Å²) in [7, 11) is 0. The number of halogens is 3. The van der Waals surface area contributed by atoms with E-state index in [2.05, 4.69) is 37.2 Å². The zero-order valence-corrected chi connectivity index (χ0v) is 39.3. The van der Waals surface area contributed by atoms with E-state index in [9.17, 15) is 56.3 Å². The van der Waals surface area contributed by atoms with Crippen molar-refractivity contribution in [1.29, 1.82) is 0 Å². The van der Waals surface area contributed by atoms with Gasteiger partial charge in [-0.15, -0.1) is 0 Å². The summed E-state index contributed by atoms with van der Waals surface area (Å²) in [6.07, 6.45) is -2.49. The molecule has 2 aliphatic rings. The maximum atomic E-state index is 13.8. The van der Waals surface area contributed by atoms with Gasteiger partial charge < -0.3 is 53.0 Å². The first kappa shape index (κ1) is 56.4. The number of carboxylic acids is 1. The summed E-state index contributed by atoms with van der Waals surface area (Å²) in [5.74, 6) is -7.06. The molecule has 23 heteroatoms. The molecule has 7 amide bonds. The highest BCUT2D eigenvalue weighted by atomic mass is 19.4. The minimum atomic E-state index is -5.08. The van der Waals surface area contributed by atoms with Crippen molar-refractivity contribution >= 4 is 64.6 Å². The van der Waals surface area contributed by atoms with Gasteiger partial charge in [-0.25, -0.2) is 4.79 Å². The Balaban J connectivity index is 0.00000167. The largest absolute Gasteiger partial charge is 0.490 e. The summed E-state index contributed by atoms with van der Waals surface area (Å²) in [6, 6.07) is 6.24. The molecule has 1 aliphatic carbocycles. The maximum Gasteiger partial charge on any atom is 0.490 e. The second kappa shape index (κ2) is 26.0. The molecular weight excluding hydrogens is 912 g/mol. The van der Waals surface area contributed by atoms with Crippen LogP contribution in [0.25, 0.3) is 0 Å². The normalized spacial score (nSPS) is 16.2. The first-order chi connectivity index (χ1) is 32.4. The molecular formula is C46H62F3N9O11. The number of benzene rings is 2. The van der Waals surface area contributed by atoms with Crippen LogP contribution < -0.4 is 43.0 Å². The maximum absolute atomic E-state index is 13.8. The van der Waals surface area contributed by atoms with E-state index in [-0.39, 0.29) is 36.4 Å². The number of carboxylic acid groups (broad SMARTS) is 1. The fourth-order valence-electron chi connectivity index (χ4n) is 7.33. The molecule has 0 saturated carbocycles. The molecule has 2 aromatic carbocycles. The van der Waals surface area contributed by atoms with Crippen LogP contribution in [0.15, 0.2) is 42.5 Å². The third-order valence-corrected chi connectivity index (χ3v) is 10.9. The van der Waals surface area contributed by atoms with Gasteiger partial charge in [0.25, 0.3) is 0 Å². The topological polar surface area (TPSA) is 304 Å². The van der Waals surface area contributed by atoms with Crippen LogP contribution >= 0.6 is 0 Å². The summed E-state index contributed by atoms with van der Waals surface area (Å²) in [6.45, 7) is 10.4. The lowest BCUT2D eigenvalue weighted by Gasteiger charge is -2.29. The Bertz CT molecular complexity index is 2240. The molecule has 6 atom stereocenters. The minimum Gasteiger partial charge on any atom is -0.475 e. The molecule has 0 radical (unpaired) electrons. The Morgan fingerprint density at radius 2 is 1.33 bits per heavy atom. The number of rotatable bonds is 21. The Morgan fingerprint density at radius 3 is 1.91 bits per heavy atom. The molecule has 378 valence electrons. The molecule has 20 nitrogen and oxygen atoms in total. The molecule has 1 heterocycles. The molecule has 4 rings (SSSR count). The number of amides is 7. The average molecular weight is 974 g/mol. The van der Waals surface area contributed by atoms with Crippen LogP contribution in [0.2, 0.25) is 0 Å². The zero-order valence-electron chi connectivity index (χ0n) is 39.3. The number of hydrogen-bond donors (Lipinski definition) is 9. The highest BCUT2D eigenvalue weighted by Gasteiger charge is 2.39. The molecule has 0 unspecified atom stereocenters. The second-order valence-corrected chi connectivity index (χ2v) is 17.1. The van der Waals surface area contributed by atoms with Crippen molar-refractivity contribution in [3.63, 3.8) is 0 Å². The van der Waals surface area contributed by atoms with Crippen molar-refractivity contribution in [2.75, 3.05) is 31.5 Å². The van der Waals surface area contributed by atoms with Gasteiger partial charge in [-0.1, -0.05) is 63.6 Å². The number of nitrogens with zero attached hydrogens (tertiary/aromatic N) is 1. The van der Waals surface area contributed by atoms with E-state index in [0.717, 1.165) is 0 Å². The van der Waals surface area contributed by atoms with Crippen LogP contribution in [0.3, 0.4) is 0 Å². The highest BCUT2D eigenvalue weighted by Crippen LogP contribution is 2.32. The predicted octanol–water partition coefficient (Wildman–Crippen LogP) is 1.29. The van der Waals surface area contributed by atoms with Crippen LogP contribution in [0.5, 0.6) is 0 Å². The zero-order chi connectivity index (χ0) is 51.7. The number of nitrogens with two attached hydrogens (primary N) is 1. The number of ketones is 2. The van der Waals surface area contributed by atoms with Crippen molar-refractivity contribution in [3.05, 3.63) is 64.7 Å². The van der Waals surface area contributed by atoms with E-state index in [0.29, 0.717) is 73.1 Å². The fraction of sp³-hybridized carbons (Fsp3) is 0.522. The standard InChI is InChI=1S/C44H61N9O9.C2HF3O2/c1-7-13-32(51-35(54)23-48-42(60)33(22-24(2)3)52-41(59)27(6)50-40(58)26(5)49-39(57)25(4)45)44(62)53-21-11-18-34(53)43(61)47-20-12-19-46-31-17-10-16-30-36(31)38(56)29-15-9-8-14-28(29)37(30)55;3-2(4,5)1(6)7/h8-10,14-17,24-27,32-34,46H,7,11-13,18-23,45H2,1-6H3,(H,47,61)(H,48,60)(H,49,57)(H,50,58)(H,51,54)(H,52,59);(H,6,7)/t25-,26-,27-,32-,33-,34-;/m0./s1. The molecule has 1 saturated heterocycles. The monoisotopic (exact) mass is 973 g/mol. The van der Waals surface area contributed by atoms with Crippen LogP contribution in [-0.2, 0) is 38.4 Å². The Morgan fingerprint density at radius 1 is 0.754 bits per heavy atom. The van der Waals surface area contributed by atoms with Gasteiger partial charge in [0.1, 0.15) is 30.2 Å². The van der Waals surface area contributed by atoms with Crippen LogP contribution in [-0.4, -0.2) is 137 Å². The number of carbonyl (C=O) groups is 10. The van der Waals surface area contributed by atoms with Crippen molar-refractivity contribution in [3.8, 4) is 0 Å². The van der Waals surface area contributed by atoms with Gasteiger partial charge in [0.15, 0.2) is 11.6 Å². The van der Waals surface area contributed by atoms with E-state index in [1.165, 1.54) is 25.7 Å². The van der Waals surface area contributed by atoms with Crippen LogP contribution in [0.1, 0.15) is 112 Å². The van der Waals surface area contributed by atoms with Gasteiger partial charge in [0, 0.05) is 42.0 Å². The molecule has 69 heavy (non-hydrogen) atoms. The third-order valence-electron chi connectivity index (χ3n) is 10.9. The smallest absolute Gasteiger partial charge is 0.475 e. The summed E-state index contributed by atoms with van der Waals surface area (Å²) in [5, 5.41) is 26.1. The van der Waals surface area contributed by atoms with E-state index in [4.69, 9.17) is 15.6 Å². The van der Waals surface area contributed by atoms with Gasteiger partial charge in [-0.3, -0.25) is 43.2 Å². The Kier molecular flexibility index (Phi) is 21.3. The number of carbonyl (C=O) groups excluding carboxylic acids is 9. The number of aliphatic carboxylic acids is 1. The minimum absolute atomic E-state index is 0.0362. The first-order valence-electron chi connectivity index (χ1n) is 22.6. The van der Waals surface area contributed by atoms with Gasteiger partial charge in [-0.2, -0.15) is 13.2 Å². The first-order valence-corrected chi connectivity index (χ1v) is 22.6. The lowest BCUT2D eigenvalue weighted by Crippen LogP contribution is -2.57.